The van der Waals surface area contributed by atoms with Gasteiger partial charge in [0.25, 0.3) is 0 Å². The van der Waals surface area contributed by atoms with Crippen LogP contribution in [0.25, 0.3) is 0 Å². The van der Waals surface area contributed by atoms with Crippen molar-refractivity contribution in [3.63, 3.8) is 0 Å². The summed E-state index contributed by atoms with van der Waals surface area (Å²) in [5.41, 5.74) is 10.9. The van der Waals surface area contributed by atoms with Gasteiger partial charge in [0.2, 0.25) is 11.8 Å². The van der Waals surface area contributed by atoms with Crippen LogP contribution in [0.2, 0.25) is 0 Å². The Morgan fingerprint density at radius 2 is 1.56 bits per heavy atom. The van der Waals surface area contributed by atoms with Gasteiger partial charge in [0.05, 0.1) is 12.5 Å². The van der Waals surface area contributed by atoms with Crippen LogP contribution in [-0.2, 0) is 14.4 Å². The number of nitrogens with one attached hydrogen (secondary N) is 3. The molecule has 27 heavy (non-hydrogen) atoms. The maximum absolute atomic E-state index is 12.6. The Kier molecular flexibility index (Phi) is 14.3. The molecule has 0 aliphatic rings. The van der Waals surface area contributed by atoms with Crippen LogP contribution in [0.5, 0.6) is 0 Å². The van der Waals surface area contributed by atoms with Crippen molar-refractivity contribution >= 4 is 17.8 Å². The van der Waals surface area contributed by atoms with E-state index >= 15 is 0 Å². The summed E-state index contributed by atoms with van der Waals surface area (Å²) in [5.74, 6) is -1.97. The third kappa shape index (κ3) is 12.3. The van der Waals surface area contributed by atoms with Gasteiger partial charge in [-0.25, -0.2) is 0 Å². The number of carboxylic acids is 1. The highest BCUT2D eigenvalue weighted by Crippen LogP contribution is 2.02. The first-order valence-electron chi connectivity index (χ1n) is 9.41. The quantitative estimate of drug-likeness (QED) is 0.166. The Labute approximate surface area is 161 Å². The minimum Gasteiger partial charge on any atom is -0.481 e. The van der Waals surface area contributed by atoms with E-state index in [2.05, 4.69) is 16.0 Å². The van der Waals surface area contributed by atoms with Crippen molar-refractivity contribution in [3.8, 4) is 0 Å². The molecule has 0 heterocycles. The number of hydrogen-bond donors (Lipinski definition) is 6. The third-order valence-electron chi connectivity index (χ3n) is 3.93. The lowest BCUT2D eigenvalue weighted by Crippen LogP contribution is -2.53. The molecule has 158 valence electrons. The van der Waals surface area contributed by atoms with Crippen LogP contribution < -0.4 is 27.4 Å². The number of nitrogens with zero attached hydrogens (tertiary/aromatic N) is 1. The molecule has 2 amide bonds. The van der Waals surface area contributed by atoms with Gasteiger partial charge in [-0.1, -0.05) is 0 Å². The Morgan fingerprint density at radius 3 is 2.11 bits per heavy atom. The van der Waals surface area contributed by atoms with Gasteiger partial charge in [0.15, 0.2) is 0 Å². The molecule has 2 unspecified atom stereocenters. The fourth-order valence-corrected chi connectivity index (χ4v) is 2.45. The van der Waals surface area contributed by atoms with Crippen LogP contribution in [0.15, 0.2) is 0 Å². The zero-order valence-electron chi connectivity index (χ0n) is 16.5. The zero-order chi connectivity index (χ0) is 20.7. The summed E-state index contributed by atoms with van der Waals surface area (Å²) in [4.78, 5) is 37.1. The molecule has 0 aromatic carbocycles. The van der Waals surface area contributed by atoms with Crippen LogP contribution in [0.4, 0.5) is 0 Å². The average molecular weight is 389 g/mol. The smallest absolute Gasteiger partial charge is 0.305 e. The molecule has 0 bridgehead atoms. The summed E-state index contributed by atoms with van der Waals surface area (Å²) >= 11 is 0. The predicted octanol–water partition coefficient (Wildman–Crippen LogP) is -1.94. The van der Waals surface area contributed by atoms with Crippen molar-refractivity contribution in [2.45, 2.75) is 44.2 Å². The summed E-state index contributed by atoms with van der Waals surface area (Å²) in [7, 11) is 3.04. The van der Waals surface area contributed by atoms with Crippen LogP contribution in [0.3, 0.4) is 0 Å². The minimum absolute atomic E-state index is 0.379. The number of carbonyl (C=O) groups is 3. The number of amides is 2. The van der Waals surface area contributed by atoms with Crippen molar-refractivity contribution in [1.82, 2.24) is 20.9 Å². The molecule has 0 spiro atoms. The summed E-state index contributed by atoms with van der Waals surface area (Å²) < 4.78 is 0. The summed E-state index contributed by atoms with van der Waals surface area (Å²) in [5, 5.41) is 18.0. The molecule has 0 aliphatic carbocycles. The second-order valence-corrected chi connectivity index (χ2v) is 6.58. The van der Waals surface area contributed by atoms with Gasteiger partial charge in [-0.2, -0.15) is 0 Å². The number of carbonyl (C=O) groups excluding carboxylic acids is 2. The standard InChI is InChI=1S/C17H36N6O4/c1-23(2)17(27)14(12-15(24)25)22-16(26)13(21-11-5-8-19)6-3-9-20-10-4-7-18/h13-14,20-21H,3-12,18-19H2,1-2H3,(H,22,26)(H,24,25). The van der Waals surface area contributed by atoms with E-state index in [0.29, 0.717) is 32.5 Å². The van der Waals surface area contributed by atoms with Crippen molar-refractivity contribution in [1.29, 1.82) is 0 Å². The van der Waals surface area contributed by atoms with Gasteiger partial charge in [0, 0.05) is 14.1 Å². The van der Waals surface area contributed by atoms with Crippen LogP contribution in [0, 0.1) is 0 Å². The Balaban J connectivity index is 4.75. The van der Waals surface area contributed by atoms with E-state index in [9.17, 15) is 14.4 Å². The lowest BCUT2D eigenvalue weighted by atomic mass is 10.1. The second-order valence-electron chi connectivity index (χ2n) is 6.58. The van der Waals surface area contributed by atoms with E-state index in [1.165, 1.54) is 19.0 Å². The highest BCUT2D eigenvalue weighted by atomic mass is 16.4. The molecular formula is C17H36N6O4. The van der Waals surface area contributed by atoms with Gasteiger partial charge in [0.1, 0.15) is 6.04 Å². The topological polar surface area (TPSA) is 163 Å². The molecule has 10 heteroatoms. The summed E-state index contributed by atoms with van der Waals surface area (Å²) in [6.07, 6.45) is 2.46. The molecule has 0 aliphatic heterocycles. The Hall–Kier alpha value is -1.75. The highest BCUT2D eigenvalue weighted by Gasteiger charge is 2.28. The van der Waals surface area contributed by atoms with E-state index in [1.807, 2.05) is 0 Å². The van der Waals surface area contributed by atoms with Crippen molar-refractivity contribution in [3.05, 3.63) is 0 Å². The minimum atomic E-state index is -1.15. The lowest BCUT2D eigenvalue weighted by molar-refractivity contribution is -0.143. The van der Waals surface area contributed by atoms with E-state index < -0.39 is 30.4 Å². The molecule has 0 saturated carbocycles. The lowest BCUT2D eigenvalue weighted by Gasteiger charge is -2.24. The molecule has 0 aromatic heterocycles. The normalized spacial score (nSPS) is 13.0. The van der Waals surface area contributed by atoms with Crippen LogP contribution in [-0.4, -0.2) is 86.7 Å². The number of hydrogen-bond acceptors (Lipinski definition) is 7. The number of nitrogens with two attached hydrogens (primary N) is 2. The van der Waals surface area contributed by atoms with Crippen molar-refractivity contribution in [2.24, 2.45) is 11.5 Å². The first-order chi connectivity index (χ1) is 12.8. The molecule has 0 rings (SSSR count). The Morgan fingerprint density at radius 1 is 0.963 bits per heavy atom. The van der Waals surface area contributed by atoms with Gasteiger partial charge in [-0.3, -0.25) is 14.4 Å². The molecule has 0 aromatic rings. The van der Waals surface area contributed by atoms with E-state index in [1.54, 1.807) is 0 Å². The number of rotatable bonds is 16. The van der Waals surface area contributed by atoms with Crippen LogP contribution in [0.1, 0.15) is 32.1 Å². The fraction of sp³-hybridized carbons (Fsp3) is 0.824. The maximum atomic E-state index is 12.6. The average Bonchev–Trinajstić information content (AvgIpc) is 2.61. The first kappa shape index (κ1) is 25.2. The SMILES string of the molecule is CN(C)C(=O)C(CC(=O)O)NC(=O)C(CCCNCCCN)NCCCN. The fourth-order valence-electron chi connectivity index (χ4n) is 2.45. The van der Waals surface area contributed by atoms with E-state index in [-0.39, 0.29) is 5.91 Å². The third-order valence-corrected chi connectivity index (χ3v) is 3.93. The molecular weight excluding hydrogens is 352 g/mol. The first-order valence-corrected chi connectivity index (χ1v) is 9.41. The second kappa shape index (κ2) is 15.3. The molecule has 0 saturated heterocycles. The summed E-state index contributed by atoms with van der Waals surface area (Å²) in [6, 6.07) is -1.61. The van der Waals surface area contributed by atoms with Crippen molar-refractivity contribution in [2.75, 3.05) is 46.8 Å². The largest absolute Gasteiger partial charge is 0.481 e. The molecule has 2 atom stereocenters. The molecule has 0 fully saturated rings. The van der Waals surface area contributed by atoms with E-state index in [0.717, 1.165) is 25.9 Å². The monoisotopic (exact) mass is 388 g/mol. The number of aliphatic carboxylic acids is 1. The Bertz CT molecular complexity index is 447. The highest BCUT2D eigenvalue weighted by molar-refractivity contribution is 5.92. The zero-order valence-corrected chi connectivity index (χ0v) is 16.5. The molecule has 8 N–H and O–H groups in total. The summed E-state index contributed by atoms with van der Waals surface area (Å²) in [6.45, 7) is 3.27. The molecule has 0 radical (unpaired) electrons. The van der Waals surface area contributed by atoms with Gasteiger partial charge < -0.3 is 37.4 Å². The maximum Gasteiger partial charge on any atom is 0.305 e. The van der Waals surface area contributed by atoms with E-state index in [4.69, 9.17) is 16.6 Å². The molecule has 10 nitrogen and oxygen atoms in total. The van der Waals surface area contributed by atoms with Gasteiger partial charge in [-0.15, -0.1) is 0 Å². The number of carboxylic acid groups (broad SMARTS) is 1. The number of likely N-dealkylation sites (N-methyl/N-ethyl adjacent to an activating group) is 1. The van der Waals surface area contributed by atoms with Crippen LogP contribution >= 0.6 is 0 Å². The predicted molar refractivity (Wildman–Crippen MR) is 104 cm³/mol. The van der Waals surface area contributed by atoms with Gasteiger partial charge in [-0.05, 0) is 58.4 Å². The van der Waals surface area contributed by atoms with Crippen molar-refractivity contribution < 1.29 is 19.5 Å². The van der Waals surface area contributed by atoms with Gasteiger partial charge >= 0.3 is 5.97 Å².